The number of nitrogens with two attached hydrogens (primary N) is 1. The van der Waals surface area contributed by atoms with Gasteiger partial charge in [-0.2, -0.15) is 0 Å². The van der Waals surface area contributed by atoms with Gasteiger partial charge in [0, 0.05) is 18.9 Å². The Balaban J connectivity index is 2.19. The van der Waals surface area contributed by atoms with E-state index in [1.54, 1.807) is 7.05 Å². The minimum atomic E-state index is -3.92. The number of para-hydroxylation sites is 1. The molecule has 0 radical (unpaired) electrons. The Bertz CT molecular complexity index is 845. The third-order valence-electron chi connectivity index (χ3n) is 3.55. The van der Waals surface area contributed by atoms with Crippen LogP contribution in [0.3, 0.4) is 0 Å². The molecule has 0 fully saturated rings. The lowest BCUT2D eigenvalue weighted by Crippen LogP contribution is -2.32. The second-order valence-corrected chi connectivity index (χ2v) is 7.07. The molecule has 0 aliphatic rings. The highest BCUT2D eigenvalue weighted by molar-refractivity contribution is 7.89. The van der Waals surface area contributed by atoms with Crippen molar-refractivity contribution >= 4 is 27.4 Å². The topological polar surface area (TPSA) is 105 Å². The standard InChI is InChI=1S/C16H20N4O3S/c1-11-6-4-7-12(2)15(11)19-14(21)10-20(3)16-13(24(17,22)23)8-5-9-18-16/h4-9H,10H2,1-3H3,(H,19,21)(H2,17,22,23). The molecule has 8 heteroatoms. The van der Waals surface area contributed by atoms with Crippen LogP contribution >= 0.6 is 0 Å². The number of aromatic nitrogens is 1. The van der Waals surface area contributed by atoms with E-state index in [-0.39, 0.29) is 23.2 Å². The van der Waals surface area contributed by atoms with Crippen molar-refractivity contribution in [3.8, 4) is 0 Å². The molecule has 0 atom stereocenters. The summed E-state index contributed by atoms with van der Waals surface area (Å²) < 4.78 is 23.3. The van der Waals surface area contributed by atoms with E-state index >= 15 is 0 Å². The van der Waals surface area contributed by atoms with E-state index in [0.717, 1.165) is 16.8 Å². The number of nitrogens with one attached hydrogen (secondary N) is 1. The molecule has 24 heavy (non-hydrogen) atoms. The molecule has 0 saturated carbocycles. The van der Waals surface area contributed by atoms with Crippen molar-refractivity contribution in [1.29, 1.82) is 0 Å². The average Bonchev–Trinajstić information content (AvgIpc) is 2.50. The molecule has 2 aromatic rings. The second kappa shape index (κ2) is 6.98. The van der Waals surface area contributed by atoms with Crippen molar-refractivity contribution in [3.05, 3.63) is 47.7 Å². The maximum atomic E-state index is 12.3. The summed E-state index contributed by atoms with van der Waals surface area (Å²) in [5.74, 6) is -0.141. The molecule has 0 saturated heterocycles. The molecule has 1 aromatic carbocycles. The van der Waals surface area contributed by atoms with Crippen molar-refractivity contribution in [2.45, 2.75) is 18.7 Å². The lowest BCUT2D eigenvalue weighted by Gasteiger charge is -2.20. The van der Waals surface area contributed by atoms with E-state index in [0.29, 0.717) is 0 Å². The van der Waals surface area contributed by atoms with Crippen LogP contribution in [0.15, 0.2) is 41.4 Å². The minimum Gasteiger partial charge on any atom is -0.349 e. The number of sulfonamides is 1. The highest BCUT2D eigenvalue weighted by Gasteiger charge is 2.19. The lowest BCUT2D eigenvalue weighted by molar-refractivity contribution is -0.114. The van der Waals surface area contributed by atoms with Gasteiger partial charge >= 0.3 is 0 Å². The van der Waals surface area contributed by atoms with Gasteiger partial charge in [-0.25, -0.2) is 18.5 Å². The third kappa shape index (κ3) is 4.09. The quantitative estimate of drug-likeness (QED) is 0.850. The van der Waals surface area contributed by atoms with E-state index in [1.807, 2.05) is 32.0 Å². The normalized spacial score (nSPS) is 11.2. The number of pyridine rings is 1. The van der Waals surface area contributed by atoms with Gasteiger partial charge in [-0.05, 0) is 37.1 Å². The van der Waals surface area contributed by atoms with E-state index < -0.39 is 10.0 Å². The van der Waals surface area contributed by atoms with Gasteiger partial charge in [-0.15, -0.1) is 0 Å². The second-order valence-electron chi connectivity index (χ2n) is 5.54. The van der Waals surface area contributed by atoms with Crippen molar-refractivity contribution in [2.75, 3.05) is 23.8 Å². The molecular weight excluding hydrogens is 328 g/mol. The van der Waals surface area contributed by atoms with Crippen LogP contribution in [0.4, 0.5) is 11.5 Å². The molecule has 0 aliphatic carbocycles. The molecule has 1 aromatic heterocycles. The number of rotatable bonds is 5. The van der Waals surface area contributed by atoms with Crippen LogP contribution in [0.1, 0.15) is 11.1 Å². The molecule has 7 nitrogen and oxygen atoms in total. The minimum absolute atomic E-state index is 0.0622. The monoisotopic (exact) mass is 348 g/mol. The lowest BCUT2D eigenvalue weighted by atomic mass is 10.1. The third-order valence-corrected chi connectivity index (χ3v) is 4.48. The first-order valence-corrected chi connectivity index (χ1v) is 8.80. The summed E-state index contributed by atoms with van der Waals surface area (Å²) in [5.41, 5.74) is 2.66. The van der Waals surface area contributed by atoms with Gasteiger partial charge in [0.05, 0.1) is 6.54 Å². The fraction of sp³-hybridized carbons (Fsp3) is 0.250. The predicted molar refractivity (Wildman–Crippen MR) is 93.4 cm³/mol. The number of primary sulfonamides is 1. The largest absolute Gasteiger partial charge is 0.349 e. The van der Waals surface area contributed by atoms with Gasteiger partial charge in [0.2, 0.25) is 15.9 Å². The predicted octanol–water partition coefficient (Wildman–Crippen LogP) is 1.42. The van der Waals surface area contributed by atoms with Crippen LogP contribution in [0.5, 0.6) is 0 Å². The summed E-state index contributed by atoms with van der Waals surface area (Å²) in [6, 6.07) is 8.57. The highest BCUT2D eigenvalue weighted by atomic mass is 32.2. The molecule has 128 valence electrons. The smallest absolute Gasteiger partial charge is 0.243 e. The fourth-order valence-electron chi connectivity index (χ4n) is 2.37. The van der Waals surface area contributed by atoms with Gasteiger partial charge in [-0.1, -0.05) is 18.2 Å². The van der Waals surface area contributed by atoms with Crippen LogP contribution in [-0.2, 0) is 14.8 Å². The Labute approximate surface area is 141 Å². The number of carbonyl (C=O) groups is 1. The van der Waals surface area contributed by atoms with Crippen LogP contribution < -0.4 is 15.4 Å². The summed E-state index contributed by atoms with van der Waals surface area (Å²) in [6.45, 7) is 3.75. The maximum Gasteiger partial charge on any atom is 0.243 e. The van der Waals surface area contributed by atoms with Gasteiger partial charge in [0.25, 0.3) is 0 Å². The molecule has 0 unspecified atom stereocenters. The molecular formula is C16H20N4O3S. The van der Waals surface area contributed by atoms with Crippen molar-refractivity contribution in [3.63, 3.8) is 0 Å². The Kier molecular flexibility index (Phi) is 5.20. The summed E-state index contributed by atoms with van der Waals surface area (Å²) in [7, 11) is -2.34. The van der Waals surface area contributed by atoms with Gasteiger partial charge < -0.3 is 10.2 Å². The number of hydrogen-bond acceptors (Lipinski definition) is 5. The van der Waals surface area contributed by atoms with E-state index in [9.17, 15) is 13.2 Å². The zero-order chi connectivity index (χ0) is 17.9. The molecule has 0 spiro atoms. The van der Waals surface area contributed by atoms with Gasteiger partial charge in [0.1, 0.15) is 10.7 Å². The number of likely N-dealkylation sites (N-methyl/N-ethyl adjacent to an activating group) is 1. The van der Waals surface area contributed by atoms with Crippen LogP contribution in [0, 0.1) is 13.8 Å². The number of benzene rings is 1. The first-order chi connectivity index (χ1) is 11.2. The van der Waals surface area contributed by atoms with E-state index in [4.69, 9.17) is 5.14 Å². The summed E-state index contributed by atoms with van der Waals surface area (Å²) in [4.78, 5) is 17.7. The number of aryl methyl sites for hydroxylation is 2. The molecule has 1 heterocycles. The zero-order valence-corrected chi connectivity index (χ0v) is 14.6. The maximum absolute atomic E-state index is 12.3. The molecule has 0 bridgehead atoms. The van der Waals surface area contributed by atoms with Crippen molar-refractivity contribution in [1.82, 2.24) is 4.98 Å². The molecule has 3 N–H and O–H groups in total. The number of hydrogen-bond donors (Lipinski definition) is 2. The van der Waals surface area contributed by atoms with E-state index in [1.165, 1.54) is 23.2 Å². The first-order valence-electron chi connectivity index (χ1n) is 7.25. The number of amides is 1. The number of anilines is 2. The Morgan fingerprint density at radius 3 is 2.42 bits per heavy atom. The zero-order valence-electron chi connectivity index (χ0n) is 13.8. The fourth-order valence-corrected chi connectivity index (χ4v) is 3.10. The molecule has 0 aliphatic heterocycles. The van der Waals surface area contributed by atoms with Crippen LogP contribution in [0.25, 0.3) is 0 Å². The van der Waals surface area contributed by atoms with Crippen LogP contribution in [0.2, 0.25) is 0 Å². The Morgan fingerprint density at radius 2 is 1.83 bits per heavy atom. The Morgan fingerprint density at radius 1 is 1.21 bits per heavy atom. The highest BCUT2D eigenvalue weighted by Crippen LogP contribution is 2.21. The first kappa shape index (κ1) is 17.9. The number of nitrogens with zero attached hydrogens (tertiary/aromatic N) is 2. The number of carbonyl (C=O) groups excluding carboxylic acids is 1. The molecule has 2 rings (SSSR count). The molecule has 1 amide bonds. The summed E-state index contributed by atoms with van der Waals surface area (Å²) in [5, 5.41) is 8.04. The van der Waals surface area contributed by atoms with Gasteiger partial charge in [-0.3, -0.25) is 4.79 Å². The van der Waals surface area contributed by atoms with Crippen molar-refractivity contribution < 1.29 is 13.2 Å². The van der Waals surface area contributed by atoms with Gasteiger partial charge in [0.15, 0.2) is 0 Å². The Hall–Kier alpha value is -2.45. The summed E-state index contributed by atoms with van der Waals surface area (Å²) >= 11 is 0. The van der Waals surface area contributed by atoms with Crippen LogP contribution in [-0.4, -0.2) is 32.9 Å². The van der Waals surface area contributed by atoms with Crippen molar-refractivity contribution in [2.24, 2.45) is 5.14 Å². The SMILES string of the molecule is Cc1cccc(C)c1NC(=O)CN(C)c1ncccc1S(N)(=O)=O. The van der Waals surface area contributed by atoms with E-state index in [2.05, 4.69) is 10.3 Å². The average molecular weight is 348 g/mol. The summed E-state index contributed by atoms with van der Waals surface area (Å²) in [6.07, 6.45) is 1.45.